The normalized spacial score (nSPS) is 11.4. The van der Waals surface area contributed by atoms with Crippen LogP contribution in [0.5, 0.6) is 0 Å². The van der Waals surface area contributed by atoms with Crippen molar-refractivity contribution >= 4 is 32.5 Å². The standard InChI is InChI=1S/C15H11N3O6S/c16-13(19)8-1-3-9(4-2-8)18-25(22,23)10-5-6-12-11(7-10)14(20)24-15(21)17-12/h1-7,18H,(H2,16,19)(H,17,21). The van der Waals surface area contributed by atoms with Gasteiger partial charge in [-0.25, -0.2) is 18.0 Å². The number of aromatic nitrogens is 1. The molecule has 128 valence electrons. The SMILES string of the molecule is NC(=O)c1ccc(NS(=O)(=O)c2ccc3[nH]c(=O)oc(=O)c3c2)cc1. The number of benzene rings is 2. The molecule has 0 saturated carbocycles. The number of primary amides is 1. The Morgan fingerprint density at radius 3 is 2.40 bits per heavy atom. The van der Waals surface area contributed by atoms with E-state index in [2.05, 4.69) is 14.1 Å². The average molecular weight is 361 g/mol. The molecule has 0 aliphatic rings. The summed E-state index contributed by atoms with van der Waals surface area (Å²) >= 11 is 0. The first-order valence-corrected chi connectivity index (χ1v) is 8.34. The van der Waals surface area contributed by atoms with Gasteiger partial charge in [0.25, 0.3) is 10.0 Å². The number of hydrogen-bond acceptors (Lipinski definition) is 6. The summed E-state index contributed by atoms with van der Waals surface area (Å²) in [5.74, 6) is -1.56. The van der Waals surface area contributed by atoms with Crippen molar-refractivity contribution in [1.82, 2.24) is 4.98 Å². The Kier molecular flexibility index (Phi) is 3.89. The number of rotatable bonds is 4. The third kappa shape index (κ3) is 3.28. The number of amides is 1. The summed E-state index contributed by atoms with van der Waals surface area (Å²) in [6, 6.07) is 9.13. The van der Waals surface area contributed by atoms with Gasteiger partial charge < -0.3 is 10.2 Å². The van der Waals surface area contributed by atoms with Crippen molar-refractivity contribution in [2.24, 2.45) is 5.73 Å². The van der Waals surface area contributed by atoms with Gasteiger partial charge in [0.2, 0.25) is 5.91 Å². The van der Waals surface area contributed by atoms with Crippen LogP contribution in [-0.2, 0) is 10.0 Å². The van der Waals surface area contributed by atoms with Gasteiger partial charge >= 0.3 is 11.4 Å². The Hall–Kier alpha value is -3.40. The minimum absolute atomic E-state index is 0.0773. The molecule has 25 heavy (non-hydrogen) atoms. The van der Waals surface area contributed by atoms with Crippen LogP contribution < -0.4 is 21.8 Å². The summed E-state index contributed by atoms with van der Waals surface area (Å²) in [5.41, 5.74) is 4.77. The van der Waals surface area contributed by atoms with E-state index < -0.39 is 27.3 Å². The van der Waals surface area contributed by atoms with Crippen LogP contribution in [0, 0.1) is 0 Å². The predicted molar refractivity (Wildman–Crippen MR) is 88.9 cm³/mol. The summed E-state index contributed by atoms with van der Waals surface area (Å²) in [7, 11) is -4.00. The van der Waals surface area contributed by atoms with Crippen LogP contribution in [0.15, 0.2) is 61.4 Å². The number of H-pyrrole nitrogens is 1. The lowest BCUT2D eigenvalue weighted by Crippen LogP contribution is -2.17. The van der Waals surface area contributed by atoms with Crippen molar-refractivity contribution in [2.75, 3.05) is 4.72 Å². The van der Waals surface area contributed by atoms with Gasteiger partial charge in [-0.3, -0.25) is 14.5 Å². The van der Waals surface area contributed by atoms with E-state index in [0.29, 0.717) is 0 Å². The number of hydrogen-bond donors (Lipinski definition) is 3. The molecular formula is C15H11N3O6S. The second-order valence-corrected chi connectivity index (χ2v) is 6.74. The molecular weight excluding hydrogens is 350 g/mol. The van der Waals surface area contributed by atoms with E-state index >= 15 is 0 Å². The fraction of sp³-hybridized carbons (Fsp3) is 0. The summed E-state index contributed by atoms with van der Waals surface area (Å²) in [6.45, 7) is 0. The molecule has 4 N–H and O–H groups in total. The highest BCUT2D eigenvalue weighted by atomic mass is 32.2. The zero-order chi connectivity index (χ0) is 18.2. The maximum absolute atomic E-state index is 12.4. The maximum atomic E-state index is 12.4. The Labute approximate surface area is 140 Å². The maximum Gasteiger partial charge on any atom is 0.419 e. The van der Waals surface area contributed by atoms with Crippen molar-refractivity contribution in [3.8, 4) is 0 Å². The molecule has 1 aromatic heterocycles. The highest BCUT2D eigenvalue weighted by Crippen LogP contribution is 2.19. The second kappa shape index (κ2) is 5.91. The first kappa shape index (κ1) is 16.5. The number of anilines is 1. The minimum Gasteiger partial charge on any atom is -0.372 e. The van der Waals surface area contributed by atoms with Crippen molar-refractivity contribution in [2.45, 2.75) is 4.90 Å². The van der Waals surface area contributed by atoms with Crippen LogP contribution in [-0.4, -0.2) is 19.3 Å². The number of fused-ring (bicyclic) bond motifs is 1. The molecule has 1 heterocycles. The van der Waals surface area contributed by atoms with Gasteiger partial charge in [0, 0.05) is 11.3 Å². The van der Waals surface area contributed by atoms with Gasteiger partial charge in [-0.05, 0) is 42.5 Å². The van der Waals surface area contributed by atoms with Crippen LogP contribution in [0.2, 0.25) is 0 Å². The molecule has 0 bridgehead atoms. The molecule has 3 aromatic rings. The minimum atomic E-state index is -4.00. The molecule has 0 unspecified atom stereocenters. The monoisotopic (exact) mass is 361 g/mol. The predicted octanol–water partition coefficient (Wildman–Crippen LogP) is 0.381. The topological polar surface area (TPSA) is 152 Å². The third-order valence-electron chi connectivity index (χ3n) is 3.37. The summed E-state index contributed by atoms with van der Waals surface area (Å²) in [4.78, 5) is 35.9. The summed E-state index contributed by atoms with van der Waals surface area (Å²) in [6.07, 6.45) is 0. The van der Waals surface area contributed by atoms with Gasteiger partial charge in [0.05, 0.1) is 15.8 Å². The fourth-order valence-electron chi connectivity index (χ4n) is 2.16. The Bertz CT molecular complexity index is 1190. The van der Waals surface area contributed by atoms with Crippen molar-refractivity contribution in [3.63, 3.8) is 0 Å². The van der Waals surface area contributed by atoms with Gasteiger partial charge in [0.1, 0.15) is 0 Å². The Morgan fingerprint density at radius 2 is 1.76 bits per heavy atom. The number of aromatic amines is 1. The summed E-state index contributed by atoms with van der Waals surface area (Å²) in [5, 5.41) is -0.0773. The van der Waals surface area contributed by atoms with E-state index in [4.69, 9.17) is 5.73 Å². The van der Waals surface area contributed by atoms with E-state index in [1.807, 2.05) is 0 Å². The second-order valence-electron chi connectivity index (χ2n) is 5.06. The molecule has 0 atom stereocenters. The molecule has 0 spiro atoms. The van der Waals surface area contributed by atoms with Gasteiger partial charge in [-0.2, -0.15) is 0 Å². The Balaban J connectivity index is 1.99. The van der Waals surface area contributed by atoms with E-state index in [1.54, 1.807) is 0 Å². The first-order valence-electron chi connectivity index (χ1n) is 6.86. The largest absolute Gasteiger partial charge is 0.419 e. The number of nitrogens with one attached hydrogen (secondary N) is 2. The zero-order valence-electron chi connectivity index (χ0n) is 12.5. The van der Waals surface area contributed by atoms with Crippen molar-refractivity contribution in [1.29, 1.82) is 0 Å². The molecule has 0 saturated heterocycles. The number of carbonyl (C=O) groups excluding carboxylic acids is 1. The van der Waals surface area contributed by atoms with Crippen LogP contribution >= 0.6 is 0 Å². The number of nitrogens with two attached hydrogens (primary N) is 1. The lowest BCUT2D eigenvalue weighted by Gasteiger charge is -2.09. The van der Waals surface area contributed by atoms with E-state index in [-0.39, 0.29) is 27.0 Å². The summed E-state index contributed by atoms with van der Waals surface area (Å²) < 4.78 is 31.6. The lowest BCUT2D eigenvalue weighted by molar-refractivity contribution is 0.100. The van der Waals surface area contributed by atoms with E-state index in [1.165, 1.54) is 36.4 Å². The van der Waals surface area contributed by atoms with Crippen molar-refractivity contribution in [3.05, 3.63) is 69.0 Å². The molecule has 3 rings (SSSR count). The van der Waals surface area contributed by atoms with Crippen LogP contribution in [0.25, 0.3) is 10.9 Å². The van der Waals surface area contributed by atoms with Crippen LogP contribution in [0.3, 0.4) is 0 Å². The highest BCUT2D eigenvalue weighted by Gasteiger charge is 2.16. The van der Waals surface area contributed by atoms with Gasteiger partial charge in [0.15, 0.2) is 0 Å². The molecule has 0 fully saturated rings. The zero-order valence-corrected chi connectivity index (χ0v) is 13.3. The molecule has 0 radical (unpaired) electrons. The Morgan fingerprint density at radius 1 is 1.08 bits per heavy atom. The van der Waals surface area contributed by atoms with Gasteiger partial charge in [-0.1, -0.05) is 0 Å². The molecule has 0 aliphatic heterocycles. The van der Waals surface area contributed by atoms with E-state index in [9.17, 15) is 22.8 Å². The molecule has 9 nitrogen and oxygen atoms in total. The molecule has 2 aromatic carbocycles. The van der Waals surface area contributed by atoms with Gasteiger partial charge in [-0.15, -0.1) is 0 Å². The molecule has 0 aliphatic carbocycles. The van der Waals surface area contributed by atoms with Crippen LogP contribution in [0.1, 0.15) is 10.4 Å². The quantitative estimate of drug-likeness (QED) is 0.611. The smallest absolute Gasteiger partial charge is 0.372 e. The molecule has 1 amide bonds. The van der Waals surface area contributed by atoms with Crippen LogP contribution in [0.4, 0.5) is 5.69 Å². The first-order chi connectivity index (χ1) is 11.8. The molecule has 10 heteroatoms. The third-order valence-corrected chi connectivity index (χ3v) is 4.74. The number of sulfonamides is 1. The number of carbonyl (C=O) groups is 1. The van der Waals surface area contributed by atoms with E-state index in [0.717, 1.165) is 6.07 Å². The average Bonchev–Trinajstić information content (AvgIpc) is 2.54. The highest BCUT2D eigenvalue weighted by molar-refractivity contribution is 7.92. The fourth-order valence-corrected chi connectivity index (χ4v) is 3.24. The van der Waals surface area contributed by atoms with Crippen molar-refractivity contribution < 1.29 is 17.6 Å². The lowest BCUT2D eigenvalue weighted by atomic mass is 10.2.